The van der Waals surface area contributed by atoms with Crippen molar-refractivity contribution in [1.82, 2.24) is 19.5 Å². The lowest BCUT2D eigenvalue weighted by Gasteiger charge is -2.22. The molecule has 0 aromatic carbocycles. The normalized spacial score (nSPS) is 24.3. The van der Waals surface area contributed by atoms with E-state index in [0.717, 1.165) is 5.75 Å². The molecule has 4 unspecified atom stereocenters. The third-order valence-corrected chi connectivity index (χ3v) is 7.94. The van der Waals surface area contributed by atoms with Gasteiger partial charge in [0.1, 0.15) is 18.5 Å². The molecule has 1 fully saturated rings. The van der Waals surface area contributed by atoms with Crippen molar-refractivity contribution in [2.45, 2.75) is 70.8 Å². The van der Waals surface area contributed by atoms with Crippen molar-refractivity contribution in [3.63, 3.8) is 0 Å². The fourth-order valence-electron chi connectivity index (χ4n) is 3.05. The molecule has 0 bridgehead atoms. The summed E-state index contributed by atoms with van der Waals surface area (Å²) in [6.45, 7) is 12.4. The Morgan fingerprint density at radius 1 is 1.35 bits per heavy atom. The topological polar surface area (TPSA) is 111 Å². The summed E-state index contributed by atoms with van der Waals surface area (Å²) >= 11 is 0. The van der Waals surface area contributed by atoms with Gasteiger partial charge in [0, 0.05) is 16.4 Å². The summed E-state index contributed by atoms with van der Waals surface area (Å²) in [5.41, 5.74) is 0.969. The van der Waals surface area contributed by atoms with Crippen LogP contribution in [0.3, 0.4) is 0 Å². The Hall–Kier alpha value is -1.40. The number of fused-ring (bicyclic) bond motifs is 1. The van der Waals surface area contributed by atoms with Crippen molar-refractivity contribution in [1.29, 1.82) is 0 Å². The average molecular weight is 470 g/mol. The quantitative estimate of drug-likeness (QED) is 0.444. The molecular formula is C20H31N5O4S2. The molecule has 1 amide bonds. The third-order valence-electron chi connectivity index (χ3n) is 4.64. The summed E-state index contributed by atoms with van der Waals surface area (Å²) < 4.78 is 13.9. The van der Waals surface area contributed by atoms with Gasteiger partial charge in [0.2, 0.25) is 5.91 Å². The van der Waals surface area contributed by atoms with Crippen LogP contribution in [0, 0.1) is 5.92 Å². The zero-order chi connectivity index (χ0) is 22.8. The van der Waals surface area contributed by atoms with Gasteiger partial charge in [0.05, 0.1) is 19.0 Å². The van der Waals surface area contributed by atoms with Crippen LogP contribution >= 0.6 is 21.6 Å². The summed E-state index contributed by atoms with van der Waals surface area (Å²) in [7, 11) is 3.55. The van der Waals surface area contributed by atoms with Crippen LogP contribution in [-0.4, -0.2) is 66.0 Å². The molecule has 1 aliphatic heterocycles. The van der Waals surface area contributed by atoms with Gasteiger partial charge in [-0.2, -0.15) is 0 Å². The fourth-order valence-corrected chi connectivity index (χ4v) is 5.16. The van der Waals surface area contributed by atoms with Crippen molar-refractivity contribution in [3.8, 4) is 0 Å². The molecule has 9 nitrogen and oxygen atoms in total. The molecule has 1 saturated heterocycles. The van der Waals surface area contributed by atoms with Gasteiger partial charge in [0.15, 0.2) is 23.2 Å². The van der Waals surface area contributed by atoms with Crippen LogP contribution in [-0.2, 0) is 14.3 Å². The predicted octanol–water partition coefficient (Wildman–Crippen LogP) is 3.26. The van der Waals surface area contributed by atoms with Gasteiger partial charge < -0.3 is 19.9 Å². The molecule has 0 saturated carbocycles. The van der Waals surface area contributed by atoms with Crippen LogP contribution < -0.4 is 5.32 Å². The van der Waals surface area contributed by atoms with E-state index < -0.39 is 24.5 Å². The lowest BCUT2D eigenvalue weighted by Crippen LogP contribution is -2.34. The molecule has 2 aromatic rings. The minimum Gasteiger partial charge on any atom is -0.388 e. The van der Waals surface area contributed by atoms with Crippen molar-refractivity contribution in [2.75, 3.05) is 17.7 Å². The number of imidazole rings is 1. The van der Waals surface area contributed by atoms with E-state index in [1.54, 1.807) is 32.5 Å². The van der Waals surface area contributed by atoms with E-state index in [9.17, 15) is 9.90 Å². The highest BCUT2D eigenvalue weighted by atomic mass is 33.1. The molecule has 0 radical (unpaired) electrons. The second-order valence-electron chi connectivity index (χ2n) is 8.77. The Morgan fingerprint density at radius 3 is 2.77 bits per heavy atom. The Bertz CT molecular complexity index is 901. The Kier molecular flexibility index (Phi) is 7.85. The lowest BCUT2D eigenvalue weighted by molar-refractivity contribution is -0.118. The van der Waals surface area contributed by atoms with Crippen molar-refractivity contribution < 1.29 is 19.4 Å². The number of carbonyl (C=O) groups excluding carboxylic acids is 1. The number of hydrogen-bond donors (Lipinski definition) is 2. The molecule has 0 aliphatic carbocycles. The van der Waals surface area contributed by atoms with E-state index in [-0.39, 0.29) is 16.6 Å². The number of rotatable bonds is 8. The first-order chi connectivity index (χ1) is 14.6. The van der Waals surface area contributed by atoms with Gasteiger partial charge in [-0.3, -0.25) is 9.36 Å². The van der Waals surface area contributed by atoms with Crippen molar-refractivity contribution in [2.24, 2.45) is 5.92 Å². The van der Waals surface area contributed by atoms with Gasteiger partial charge in [-0.15, -0.1) is 0 Å². The number of ether oxygens (including phenoxy) is 2. The maximum Gasteiger partial charge on any atom is 0.228 e. The zero-order valence-corrected chi connectivity index (χ0v) is 20.4. The number of aliphatic hydroxyl groups is 1. The van der Waals surface area contributed by atoms with Crippen LogP contribution in [0.2, 0.25) is 0 Å². The van der Waals surface area contributed by atoms with E-state index in [1.165, 1.54) is 6.33 Å². The van der Waals surface area contributed by atoms with Gasteiger partial charge in [-0.1, -0.05) is 56.2 Å². The maximum atomic E-state index is 12.1. The lowest BCUT2D eigenvalue weighted by atomic mass is 10.1. The van der Waals surface area contributed by atoms with Gasteiger partial charge in [0.25, 0.3) is 0 Å². The predicted molar refractivity (Wildman–Crippen MR) is 124 cm³/mol. The number of carbonyl (C=O) groups is 1. The van der Waals surface area contributed by atoms with E-state index in [1.807, 2.05) is 20.8 Å². The van der Waals surface area contributed by atoms with Crippen molar-refractivity contribution >= 4 is 44.5 Å². The second-order valence-corrected chi connectivity index (χ2v) is 12.0. The number of nitrogens with one attached hydrogen (secondary N) is 1. The Balaban J connectivity index is 1.76. The summed E-state index contributed by atoms with van der Waals surface area (Å²) in [5, 5.41) is 13.4. The van der Waals surface area contributed by atoms with E-state index in [4.69, 9.17) is 9.47 Å². The first-order valence-electron chi connectivity index (χ1n) is 10.3. The minimum atomic E-state index is -0.773. The maximum absolute atomic E-state index is 12.1. The third kappa shape index (κ3) is 5.89. The summed E-state index contributed by atoms with van der Waals surface area (Å²) in [6.07, 6.45) is 0.646. The Labute approximate surface area is 190 Å². The molecule has 2 N–H and O–H groups in total. The molecule has 11 heteroatoms. The molecule has 3 heterocycles. The number of nitrogens with zero attached hydrogens (tertiary/aromatic N) is 4. The van der Waals surface area contributed by atoms with Gasteiger partial charge in [-0.25, -0.2) is 15.0 Å². The number of hydrogen-bond acceptors (Lipinski definition) is 9. The van der Waals surface area contributed by atoms with Crippen LogP contribution in [0.4, 0.5) is 5.82 Å². The van der Waals surface area contributed by atoms with Crippen LogP contribution in [0.5, 0.6) is 0 Å². The number of aliphatic hydroxyl groups excluding tert-OH is 1. The second kappa shape index (κ2) is 10.0. The monoisotopic (exact) mass is 469 g/mol. The van der Waals surface area contributed by atoms with Crippen molar-refractivity contribution in [3.05, 3.63) is 12.7 Å². The standard InChI is InChI=1S/C20H31N5O4S2/c1-11(2)18(27)24-16-13-17(22-9-21-16)25(10-23-13)19-15(14(26)12(3)29-19)28-7-8-30-31-20(4,5)6/h9-12,14-15,19,26H,7-8H2,1-6H3,(H,21,22,24,27). The van der Waals surface area contributed by atoms with Crippen LogP contribution in [0.15, 0.2) is 12.7 Å². The fraction of sp³-hybridized carbons (Fsp3) is 0.700. The SMILES string of the molecule is CC(C)C(=O)Nc1ncnc2c1ncn2C1OC(C)C(O)C1OCCSSC(C)(C)C. The summed E-state index contributed by atoms with van der Waals surface area (Å²) in [4.78, 5) is 25.0. The average Bonchev–Trinajstić information content (AvgIpc) is 3.23. The largest absolute Gasteiger partial charge is 0.388 e. The van der Waals surface area contributed by atoms with E-state index in [0.29, 0.717) is 23.6 Å². The van der Waals surface area contributed by atoms with Gasteiger partial charge in [-0.05, 0) is 6.92 Å². The molecular weight excluding hydrogens is 438 g/mol. The molecule has 2 aromatic heterocycles. The Morgan fingerprint density at radius 2 is 2.10 bits per heavy atom. The van der Waals surface area contributed by atoms with E-state index in [2.05, 4.69) is 41.0 Å². The van der Waals surface area contributed by atoms with Crippen LogP contribution in [0.1, 0.15) is 47.8 Å². The summed E-state index contributed by atoms with van der Waals surface area (Å²) in [5.74, 6) is 0.808. The molecule has 31 heavy (non-hydrogen) atoms. The molecule has 4 atom stereocenters. The molecule has 3 rings (SSSR count). The highest BCUT2D eigenvalue weighted by molar-refractivity contribution is 8.77. The highest BCUT2D eigenvalue weighted by Crippen LogP contribution is 2.36. The smallest absolute Gasteiger partial charge is 0.228 e. The van der Waals surface area contributed by atoms with E-state index >= 15 is 0 Å². The number of aromatic nitrogens is 4. The summed E-state index contributed by atoms with van der Waals surface area (Å²) in [6, 6.07) is 0. The number of anilines is 1. The first-order valence-corrected chi connectivity index (χ1v) is 12.6. The van der Waals surface area contributed by atoms with Crippen LogP contribution in [0.25, 0.3) is 11.2 Å². The minimum absolute atomic E-state index is 0.150. The molecule has 172 valence electrons. The highest BCUT2D eigenvalue weighted by Gasteiger charge is 2.44. The molecule has 1 aliphatic rings. The van der Waals surface area contributed by atoms with Gasteiger partial charge >= 0.3 is 0 Å². The zero-order valence-electron chi connectivity index (χ0n) is 18.7. The first kappa shape index (κ1) is 24.2. The number of amides is 1. The molecule has 0 spiro atoms.